The smallest absolute Gasteiger partial charge is 0.269 e. The van der Waals surface area contributed by atoms with Crippen molar-refractivity contribution >= 4 is 11.5 Å². The highest BCUT2D eigenvalue weighted by molar-refractivity contribution is 5.36. The molecule has 1 aromatic heterocycles. The highest BCUT2D eigenvalue weighted by Crippen LogP contribution is 2.15. The Morgan fingerprint density at radius 2 is 2.06 bits per heavy atom. The van der Waals surface area contributed by atoms with Crippen LogP contribution in [-0.4, -0.2) is 14.7 Å². The van der Waals surface area contributed by atoms with Gasteiger partial charge in [0, 0.05) is 31.7 Å². The number of benzene rings is 1. The van der Waals surface area contributed by atoms with Crippen LogP contribution >= 0.6 is 0 Å². The highest BCUT2D eigenvalue weighted by Gasteiger charge is 2.06. The van der Waals surface area contributed by atoms with Gasteiger partial charge in [0.2, 0.25) is 0 Å². The average molecular weight is 232 g/mol. The maximum Gasteiger partial charge on any atom is 0.269 e. The summed E-state index contributed by atoms with van der Waals surface area (Å²) in [4.78, 5) is 10.1. The molecule has 0 saturated carbocycles. The van der Waals surface area contributed by atoms with E-state index in [1.165, 1.54) is 12.1 Å². The van der Waals surface area contributed by atoms with E-state index in [0.717, 1.165) is 11.3 Å². The maximum absolute atomic E-state index is 10.5. The summed E-state index contributed by atoms with van der Waals surface area (Å²) in [6, 6.07) is 8.22. The third-order valence-corrected chi connectivity index (χ3v) is 2.50. The van der Waals surface area contributed by atoms with Crippen molar-refractivity contribution in [3.63, 3.8) is 0 Å². The van der Waals surface area contributed by atoms with E-state index < -0.39 is 4.92 Å². The van der Waals surface area contributed by atoms with Gasteiger partial charge in [0.1, 0.15) is 5.82 Å². The van der Waals surface area contributed by atoms with E-state index in [1.807, 2.05) is 0 Å². The number of aromatic nitrogens is 2. The van der Waals surface area contributed by atoms with Gasteiger partial charge >= 0.3 is 0 Å². The normalized spacial score (nSPS) is 10.4. The van der Waals surface area contributed by atoms with E-state index in [1.54, 1.807) is 29.9 Å². The summed E-state index contributed by atoms with van der Waals surface area (Å²) in [6.45, 7) is 0. The lowest BCUT2D eigenvalue weighted by atomic mass is 10.1. The van der Waals surface area contributed by atoms with Gasteiger partial charge in [-0.25, -0.2) is 0 Å². The number of nitro groups is 1. The van der Waals surface area contributed by atoms with Crippen molar-refractivity contribution in [2.45, 2.75) is 6.42 Å². The molecule has 0 spiro atoms. The number of rotatable bonds is 3. The number of anilines is 1. The second-order valence-electron chi connectivity index (χ2n) is 3.78. The molecule has 0 unspecified atom stereocenters. The minimum absolute atomic E-state index is 0.0919. The number of nitrogens with zero attached hydrogens (tertiary/aromatic N) is 3. The summed E-state index contributed by atoms with van der Waals surface area (Å²) < 4.78 is 1.60. The average Bonchev–Trinajstić information content (AvgIpc) is 2.58. The number of nitro benzene ring substituents is 1. The molecule has 0 aliphatic rings. The van der Waals surface area contributed by atoms with Crippen LogP contribution in [0.2, 0.25) is 0 Å². The number of hydrogen-bond donors (Lipinski definition) is 1. The van der Waals surface area contributed by atoms with E-state index >= 15 is 0 Å². The van der Waals surface area contributed by atoms with E-state index in [-0.39, 0.29) is 5.69 Å². The monoisotopic (exact) mass is 232 g/mol. The van der Waals surface area contributed by atoms with Gasteiger partial charge in [-0.15, -0.1) is 0 Å². The standard InChI is InChI=1S/C11H12N4O2/c1-14-11(12)7-9(13-14)6-8-2-4-10(5-3-8)15(16)17/h2-5,7H,6,12H2,1H3. The molecule has 0 bridgehead atoms. The number of aryl methyl sites for hydroxylation is 1. The molecule has 1 aromatic carbocycles. The summed E-state index contributed by atoms with van der Waals surface area (Å²) in [5.74, 6) is 0.599. The van der Waals surface area contributed by atoms with Crippen LogP contribution in [0.4, 0.5) is 11.5 Å². The Kier molecular flexibility index (Phi) is 2.78. The van der Waals surface area contributed by atoms with E-state index in [9.17, 15) is 10.1 Å². The quantitative estimate of drug-likeness (QED) is 0.641. The lowest BCUT2D eigenvalue weighted by molar-refractivity contribution is -0.384. The molecule has 0 radical (unpaired) electrons. The van der Waals surface area contributed by atoms with Crippen molar-refractivity contribution in [2.24, 2.45) is 7.05 Å². The zero-order chi connectivity index (χ0) is 12.4. The summed E-state index contributed by atoms with van der Waals surface area (Å²) in [5, 5.41) is 14.7. The lowest BCUT2D eigenvalue weighted by Gasteiger charge is -1.97. The van der Waals surface area contributed by atoms with Crippen LogP contribution in [0.15, 0.2) is 30.3 Å². The molecule has 6 nitrogen and oxygen atoms in total. The first-order valence-electron chi connectivity index (χ1n) is 5.08. The van der Waals surface area contributed by atoms with Crippen molar-refractivity contribution in [3.8, 4) is 0 Å². The molecule has 0 fully saturated rings. The zero-order valence-corrected chi connectivity index (χ0v) is 9.33. The molecule has 6 heteroatoms. The Hall–Kier alpha value is -2.37. The van der Waals surface area contributed by atoms with Crippen molar-refractivity contribution in [1.29, 1.82) is 0 Å². The van der Waals surface area contributed by atoms with Crippen molar-refractivity contribution < 1.29 is 4.92 Å². The molecule has 17 heavy (non-hydrogen) atoms. The molecule has 2 rings (SSSR count). The fraction of sp³-hybridized carbons (Fsp3) is 0.182. The predicted octanol–water partition coefficient (Wildman–Crippen LogP) is 1.50. The number of nitrogen functional groups attached to an aromatic ring is 1. The van der Waals surface area contributed by atoms with Crippen molar-refractivity contribution in [2.75, 3.05) is 5.73 Å². The molecule has 0 amide bonds. The van der Waals surface area contributed by atoms with Crippen LogP contribution in [0, 0.1) is 10.1 Å². The first kappa shape index (κ1) is 11.1. The maximum atomic E-state index is 10.5. The third kappa shape index (κ3) is 2.41. The highest BCUT2D eigenvalue weighted by atomic mass is 16.6. The third-order valence-electron chi connectivity index (χ3n) is 2.50. The van der Waals surface area contributed by atoms with Crippen LogP contribution in [0.1, 0.15) is 11.3 Å². The minimum atomic E-state index is -0.414. The van der Waals surface area contributed by atoms with Gasteiger partial charge in [-0.2, -0.15) is 5.10 Å². The summed E-state index contributed by atoms with van der Waals surface area (Å²) in [6.07, 6.45) is 0.614. The molecule has 0 aliphatic heterocycles. The number of hydrogen-bond acceptors (Lipinski definition) is 4. The Balaban J connectivity index is 2.16. The molecule has 0 aliphatic carbocycles. The Bertz CT molecular complexity index is 526. The van der Waals surface area contributed by atoms with Gasteiger partial charge in [-0.05, 0) is 5.56 Å². The fourth-order valence-electron chi connectivity index (χ4n) is 1.57. The van der Waals surface area contributed by atoms with E-state index in [2.05, 4.69) is 5.10 Å². The van der Waals surface area contributed by atoms with E-state index in [4.69, 9.17) is 5.73 Å². The molecule has 2 aromatic rings. The van der Waals surface area contributed by atoms with E-state index in [0.29, 0.717) is 12.2 Å². The van der Waals surface area contributed by atoms with Crippen LogP contribution < -0.4 is 5.73 Å². The summed E-state index contributed by atoms with van der Waals surface area (Å²) >= 11 is 0. The van der Waals surface area contributed by atoms with Crippen LogP contribution in [0.5, 0.6) is 0 Å². The number of nitrogens with two attached hydrogens (primary N) is 1. The van der Waals surface area contributed by atoms with Gasteiger partial charge < -0.3 is 5.73 Å². The second-order valence-corrected chi connectivity index (χ2v) is 3.78. The van der Waals surface area contributed by atoms with Crippen LogP contribution in [-0.2, 0) is 13.5 Å². The minimum Gasteiger partial charge on any atom is -0.384 e. The summed E-state index contributed by atoms with van der Waals surface area (Å²) in [5.41, 5.74) is 7.57. The molecule has 2 N–H and O–H groups in total. The van der Waals surface area contributed by atoms with Gasteiger partial charge in [-0.1, -0.05) is 12.1 Å². The van der Waals surface area contributed by atoms with Gasteiger partial charge in [0.15, 0.2) is 0 Å². The molecule has 0 atom stereocenters. The topological polar surface area (TPSA) is 87.0 Å². The molecular weight excluding hydrogens is 220 g/mol. The number of non-ortho nitro benzene ring substituents is 1. The molecular formula is C11H12N4O2. The SMILES string of the molecule is Cn1nc(Cc2ccc([N+](=O)[O-])cc2)cc1N. The zero-order valence-electron chi connectivity index (χ0n) is 9.33. The largest absolute Gasteiger partial charge is 0.384 e. The lowest BCUT2D eigenvalue weighted by Crippen LogP contribution is -1.97. The van der Waals surface area contributed by atoms with Gasteiger partial charge in [0.05, 0.1) is 10.6 Å². The Morgan fingerprint density at radius 3 is 2.53 bits per heavy atom. The molecule has 0 saturated heterocycles. The first-order valence-corrected chi connectivity index (χ1v) is 5.08. The van der Waals surface area contributed by atoms with Gasteiger partial charge in [-0.3, -0.25) is 14.8 Å². The molecule has 88 valence electrons. The van der Waals surface area contributed by atoms with Crippen LogP contribution in [0.25, 0.3) is 0 Å². The molecule has 1 heterocycles. The fourth-order valence-corrected chi connectivity index (χ4v) is 1.57. The first-order chi connectivity index (χ1) is 8.06. The van der Waals surface area contributed by atoms with Gasteiger partial charge in [0.25, 0.3) is 5.69 Å². The second kappa shape index (κ2) is 4.25. The van der Waals surface area contributed by atoms with Crippen LogP contribution in [0.3, 0.4) is 0 Å². The Labute approximate surface area is 97.8 Å². The Morgan fingerprint density at radius 1 is 1.41 bits per heavy atom. The summed E-state index contributed by atoms with van der Waals surface area (Å²) in [7, 11) is 1.77. The predicted molar refractivity (Wildman–Crippen MR) is 63.5 cm³/mol. The van der Waals surface area contributed by atoms with Crippen molar-refractivity contribution in [1.82, 2.24) is 9.78 Å². The van der Waals surface area contributed by atoms with Crippen molar-refractivity contribution in [3.05, 3.63) is 51.7 Å².